The van der Waals surface area contributed by atoms with Crippen molar-refractivity contribution in [3.05, 3.63) is 46.3 Å². The summed E-state index contributed by atoms with van der Waals surface area (Å²) in [6, 6.07) is 6.20. The van der Waals surface area contributed by atoms with Crippen LogP contribution in [0.3, 0.4) is 0 Å². The average Bonchev–Trinajstić information content (AvgIpc) is 3.32. The third kappa shape index (κ3) is 3.27. The summed E-state index contributed by atoms with van der Waals surface area (Å²) in [4.78, 5) is 20.3. The summed E-state index contributed by atoms with van der Waals surface area (Å²) in [6.07, 6.45) is 2.72. The summed E-state index contributed by atoms with van der Waals surface area (Å²) >= 11 is 0. The molecule has 0 amide bonds. The van der Waals surface area contributed by atoms with Crippen molar-refractivity contribution < 1.29 is 9.13 Å². The Kier molecular flexibility index (Phi) is 4.78. The van der Waals surface area contributed by atoms with Crippen molar-refractivity contribution in [3.63, 3.8) is 0 Å². The number of aromatic amines is 1. The number of aromatic nitrogens is 4. The van der Waals surface area contributed by atoms with E-state index in [-0.39, 0.29) is 23.3 Å². The highest BCUT2D eigenvalue weighted by molar-refractivity contribution is 5.82. The number of pyridine rings is 1. The fourth-order valence-electron chi connectivity index (χ4n) is 3.66. The van der Waals surface area contributed by atoms with Crippen LogP contribution in [0.25, 0.3) is 22.3 Å². The van der Waals surface area contributed by atoms with Crippen LogP contribution in [-0.2, 0) is 4.74 Å². The summed E-state index contributed by atoms with van der Waals surface area (Å²) in [7, 11) is 0. The zero-order valence-corrected chi connectivity index (χ0v) is 15.5. The van der Waals surface area contributed by atoms with Gasteiger partial charge in [0, 0.05) is 12.5 Å². The van der Waals surface area contributed by atoms with E-state index in [1.54, 1.807) is 12.1 Å². The highest BCUT2D eigenvalue weighted by atomic mass is 19.1. The highest BCUT2D eigenvalue weighted by Crippen LogP contribution is 2.29. The smallest absolute Gasteiger partial charge is 0.259 e. The maximum absolute atomic E-state index is 13.5. The van der Waals surface area contributed by atoms with Crippen LogP contribution in [0.15, 0.2) is 29.1 Å². The lowest BCUT2D eigenvalue weighted by molar-refractivity contribution is 0.184. The molecule has 27 heavy (non-hydrogen) atoms. The zero-order chi connectivity index (χ0) is 19.0. The first kappa shape index (κ1) is 17.9. The topological polar surface area (TPSA) is 72.8 Å². The average molecular weight is 370 g/mol. The van der Waals surface area contributed by atoms with Gasteiger partial charge in [-0.1, -0.05) is 13.8 Å². The fraction of sp³-hybridized carbons (Fsp3) is 0.450. The maximum atomic E-state index is 13.5. The summed E-state index contributed by atoms with van der Waals surface area (Å²) in [5, 5.41) is 5.52. The van der Waals surface area contributed by atoms with Gasteiger partial charge in [-0.15, -0.1) is 0 Å². The minimum absolute atomic E-state index is 0.0685. The molecule has 0 spiro atoms. The second-order valence-electron chi connectivity index (χ2n) is 7.01. The molecule has 0 saturated carbocycles. The number of ether oxygens (including phenoxy) is 1. The maximum Gasteiger partial charge on any atom is 0.259 e. The Hall–Kier alpha value is -2.54. The first-order valence-corrected chi connectivity index (χ1v) is 9.47. The van der Waals surface area contributed by atoms with Crippen LogP contribution >= 0.6 is 0 Å². The SMILES string of the molecule is CCC(CC)c1nc(-c2cc3ccc(F)cc3[nH]c2=O)n(C2CCOC2)n1. The predicted octanol–water partition coefficient (Wildman–Crippen LogP) is 3.79. The Bertz CT molecular complexity index is 1020. The molecule has 1 saturated heterocycles. The Balaban J connectivity index is 1.89. The third-order valence-corrected chi connectivity index (χ3v) is 5.30. The molecule has 1 aromatic carbocycles. The van der Waals surface area contributed by atoms with Gasteiger partial charge in [-0.2, -0.15) is 5.10 Å². The van der Waals surface area contributed by atoms with Crippen molar-refractivity contribution in [1.82, 2.24) is 19.7 Å². The molecule has 1 aliphatic heterocycles. The molecule has 2 aromatic heterocycles. The molecule has 1 N–H and O–H groups in total. The quantitative estimate of drug-likeness (QED) is 0.742. The molecule has 6 nitrogen and oxygen atoms in total. The Morgan fingerprint density at radius 3 is 2.85 bits per heavy atom. The molecule has 3 heterocycles. The van der Waals surface area contributed by atoms with Gasteiger partial charge < -0.3 is 9.72 Å². The number of nitrogens with one attached hydrogen (secondary N) is 1. The fourth-order valence-corrected chi connectivity index (χ4v) is 3.66. The first-order valence-electron chi connectivity index (χ1n) is 9.47. The van der Waals surface area contributed by atoms with Crippen LogP contribution in [0.2, 0.25) is 0 Å². The Labute approximate surface area is 156 Å². The number of nitrogens with zero attached hydrogens (tertiary/aromatic N) is 3. The first-order chi connectivity index (χ1) is 13.1. The van der Waals surface area contributed by atoms with Gasteiger partial charge in [0.1, 0.15) is 5.82 Å². The van der Waals surface area contributed by atoms with Crippen molar-refractivity contribution in [2.45, 2.75) is 45.1 Å². The van der Waals surface area contributed by atoms with E-state index in [4.69, 9.17) is 14.8 Å². The largest absolute Gasteiger partial charge is 0.379 e. The normalized spacial score (nSPS) is 17.3. The molecule has 1 aliphatic rings. The number of hydrogen-bond donors (Lipinski definition) is 1. The van der Waals surface area contributed by atoms with E-state index in [1.807, 2.05) is 4.68 Å². The molecule has 0 bridgehead atoms. The molecular weight excluding hydrogens is 347 g/mol. The van der Waals surface area contributed by atoms with Crippen molar-refractivity contribution in [2.75, 3.05) is 13.2 Å². The van der Waals surface area contributed by atoms with Gasteiger partial charge in [-0.3, -0.25) is 4.79 Å². The van der Waals surface area contributed by atoms with Crippen LogP contribution in [-0.4, -0.2) is 33.0 Å². The highest BCUT2D eigenvalue weighted by Gasteiger charge is 2.26. The lowest BCUT2D eigenvalue weighted by atomic mass is 10.0. The number of halogens is 1. The van der Waals surface area contributed by atoms with Crippen LogP contribution in [0.1, 0.15) is 50.9 Å². The van der Waals surface area contributed by atoms with E-state index in [2.05, 4.69) is 18.8 Å². The van der Waals surface area contributed by atoms with E-state index in [9.17, 15) is 9.18 Å². The minimum Gasteiger partial charge on any atom is -0.379 e. The van der Waals surface area contributed by atoms with Crippen molar-refractivity contribution in [2.24, 2.45) is 0 Å². The molecule has 1 fully saturated rings. The van der Waals surface area contributed by atoms with Crippen molar-refractivity contribution >= 4 is 10.9 Å². The van der Waals surface area contributed by atoms with Crippen LogP contribution in [0.5, 0.6) is 0 Å². The minimum atomic E-state index is -0.381. The second kappa shape index (κ2) is 7.23. The van der Waals surface area contributed by atoms with Gasteiger partial charge >= 0.3 is 0 Å². The van der Waals surface area contributed by atoms with Crippen LogP contribution < -0.4 is 5.56 Å². The summed E-state index contributed by atoms with van der Waals surface area (Å²) in [5.74, 6) is 1.19. The van der Waals surface area contributed by atoms with E-state index in [1.165, 1.54) is 12.1 Å². The number of benzene rings is 1. The molecular formula is C20H23FN4O2. The molecule has 1 atom stereocenters. The van der Waals surface area contributed by atoms with Gasteiger partial charge in [0.25, 0.3) is 5.56 Å². The second-order valence-corrected chi connectivity index (χ2v) is 7.01. The van der Waals surface area contributed by atoms with Crippen LogP contribution in [0.4, 0.5) is 4.39 Å². The lowest BCUT2D eigenvalue weighted by Gasteiger charge is -2.11. The summed E-state index contributed by atoms with van der Waals surface area (Å²) in [6.45, 7) is 5.47. The molecule has 0 radical (unpaired) electrons. The van der Waals surface area contributed by atoms with Gasteiger partial charge in [-0.05, 0) is 48.9 Å². The molecule has 0 aliphatic carbocycles. The monoisotopic (exact) mass is 370 g/mol. The van der Waals surface area contributed by atoms with Crippen molar-refractivity contribution in [3.8, 4) is 11.4 Å². The predicted molar refractivity (Wildman–Crippen MR) is 101 cm³/mol. The molecule has 1 unspecified atom stereocenters. The summed E-state index contributed by atoms with van der Waals surface area (Å²) < 4.78 is 20.8. The Morgan fingerprint density at radius 2 is 2.15 bits per heavy atom. The molecule has 7 heteroatoms. The Morgan fingerprint density at radius 1 is 1.33 bits per heavy atom. The van der Waals surface area contributed by atoms with Crippen LogP contribution in [0, 0.1) is 5.82 Å². The standard InChI is InChI=1S/C20H23FN4O2/c1-3-12(4-2)18-23-19(25(24-18)15-7-8-27-11-15)16-9-13-5-6-14(21)10-17(13)22-20(16)26/h5-6,9-10,12,15H,3-4,7-8,11H2,1-2H3,(H,22,26). The van der Waals surface area contributed by atoms with Crippen molar-refractivity contribution in [1.29, 1.82) is 0 Å². The molecule has 4 rings (SSSR count). The van der Waals surface area contributed by atoms with Gasteiger partial charge in [0.05, 0.1) is 23.7 Å². The number of hydrogen-bond acceptors (Lipinski definition) is 4. The van der Waals surface area contributed by atoms with E-state index >= 15 is 0 Å². The summed E-state index contributed by atoms with van der Waals surface area (Å²) in [5.41, 5.74) is 0.627. The van der Waals surface area contributed by atoms with Gasteiger partial charge in [0.15, 0.2) is 11.6 Å². The number of fused-ring (bicyclic) bond motifs is 1. The number of rotatable bonds is 5. The molecule has 3 aromatic rings. The van der Waals surface area contributed by atoms with Gasteiger partial charge in [-0.25, -0.2) is 14.1 Å². The van der Waals surface area contributed by atoms with E-state index in [0.717, 1.165) is 30.5 Å². The van der Waals surface area contributed by atoms with E-state index < -0.39 is 0 Å². The molecule has 142 valence electrons. The third-order valence-electron chi connectivity index (χ3n) is 5.30. The van der Waals surface area contributed by atoms with E-state index in [0.29, 0.717) is 30.1 Å². The van der Waals surface area contributed by atoms with Gasteiger partial charge in [0.2, 0.25) is 0 Å². The number of H-pyrrole nitrogens is 1. The zero-order valence-electron chi connectivity index (χ0n) is 15.5. The lowest BCUT2D eigenvalue weighted by Crippen LogP contribution is -2.16.